The number of phenols is 1. The lowest BCUT2D eigenvalue weighted by Gasteiger charge is -2.05. The minimum Gasteiger partial charge on any atom is -0.508 e. The Morgan fingerprint density at radius 1 is 1.13 bits per heavy atom. The van der Waals surface area contributed by atoms with Crippen LogP contribution < -0.4 is 5.14 Å². The second-order valence-electron chi connectivity index (χ2n) is 3.21. The van der Waals surface area contributed by atoms with Crippen molar-refractivity contribution in [2.45, 2.75) is 4.90 Å². The van der Waals surface area contributed by atoms with Crippen molar-refractivity contribution in [2.75, 3.05) is 0 Å². The maximum atomic E-state index is 11.3. The molecule has 2 rings (SSSR count). The van der Waals surface area contributed by atoms with Crippen LogP contribution in [0.2, 0.25) is 0 Å². The van der Waals surface area contributed by atoms with E-state index in [1.165, 1.54) is 6.07 Å². The van der Waals surface area contributed by atoms with Crippen LogP contribution in [0.25, 0.3) is 10.8 Å². The summed E-state index contributed by atoms with van der Waals surface area (Å²) in [5.74, 6) is -0.113. The third-order valence-electron chi connectivity index (χ3n) is 2.12. The minimum absolute atomic E-state index is 0.0573. The van der Waals surface area contributed by atoms with Gasteiger partial charge >= 0.3 is 0 Å². The van der Waals surface area contributed by atoms with Gasteiger partial charge in [0.1, 0.15) is 5.75 Å². The van der Waals surface area contributed by atoms with Crippen LogP contribution in [-0.4, -0.2) is 13.5 Å². The molecule has 0 atom stereocenters. The van der Waals surface area contributed by atoms with Gasteiger partial charge in [-0.3, -0.25) is 0 Å². The molecule has 0 aromatic heterocycles. The smallest absolute Gasteiger partial charge is 0.238 e. The van der Waals surface area contributed by atoms with Gasteiger partial charge in [0.25, 0.3) is 0 Å². The van der Waals surface area contributed by atoms with Gasteiger partial charge in [-0.1, -0.05) is 24.3 Å². The normalized spacial score (nSPS) is 11.8. The van der Waals surface area contributed by atoms with Gasteiger partial charge in [0.05, 0.1) is 4.90 Å². The summed E-state index contributed by atoms with van der Waals surface area (Å²) in [6, 6.07) is 9.47. The Hall–Kier alpha value is -1.59. The Balaban J connectivity index is 2.96. The molecular formula is C10H9NO3S. The predicted octanol–water partition coefficient (Wildman–Crippen LogP) is 1.19. The number of sulfonamides is 1. The fourth-order valence-electron chi connectivity index (χ4n) is 1.50. The lowest BCUT2D eigenvalue weighted by atomic mass is 10.1. The molecule has 0 aliphatic rings. The van der Waals surface area contributed by atoms with Gasteiger partial charge in [-0.2, -0.15) is 0 Å². The summed E-state index contributed by atoms with van der Waals surface area (Å²) >= 11 is 0. The summed E-state index contributed by atoms with van der Waals surface area (Å²) in [6.45, 7) is 0. The summed E-state index contributed by atoms with van der Waals surface area (Å²) in [7, 11) is -3.81. The van der Waals surface area contributed by atoms with Crippen LogP contribution in [0.5, 0.6) is 5.75 Å². The van der Waals surface area contributed by atoms with E-state index in [1.54, 1.807) is 24.3 Å². The molecule has 0 fully saturated rings. The summed E-state index contributed by atoms with van der Waals surface area (Å²) in [6.07, 6.45) is 0. The Morgan fingerprint density at radius 3 is 2.47 bits per heavy atom. The number of nitrogens with two attached hydrogens (primary N) is 1. The molecule has 5 heteroatoms. The second-order valence-corrected chi connectivity index (χ2v) is 4.74. The Bertz CT molecular complexity index is 620. The lowest BCUT2D eigenvalue weighted by Crippen LogP contribution is -2.12. The van der Waals surface area contributed by atoms with E-state index >= 15 is 0 Å². The highest BCUT2D eigenvalue weighted by atomic mass is 32.2. The van der Waals surface area contributed by atoms with E-state index in [4.69, 9.17) is 5.14 Å². The second kappa shape index (κ2) is 3.22. The van der Waals surface area contributed by atoms with Gasteiger partial charge in [-0.25, -0.2) is 13.6 Å². The van der Waals surface area contributed by atoms with Crippen molar-refractivity contribution in [3.05, 3.63) is 36.4 Å². The zero-order valence-electron chi connectivity index (χ0n) is 7.71. The SMILES string of the molecule is NS(=O)(=O)c1cc(O)cc2ccccc12. The van der Waals surface area contributed by atoms with Crippen LogP contribution in [-0.2, 0) is 10.0 Å². The van der Waals surface area contributed by atoms with Gasteiger partial charge < -0.3 is 5.11 Å². The van der Waals surface area contributed by atoms with Gasteiger partial charge in [-0.15, -0.1) is 0 Å². The number of fused-ring (bicyclic) bond motifs is 1. The molecule has 0 amide bonds. The average molecular weight is 223 g/mol. The van der Waals surface area contributed by atoms with E-state index in [1.807, 2.05) is 0 Å². The van der Waals surface area contributed by atoms with E-state index in [0.717, 1.165) is 6.07 Å². The van der Waals surface area contributed by atoms with Crippen molar-refractivity contribution in [3.8, 4) is 5.75 Å². The number of primary sulfonamides is 1. The molecule has 3 N–H and O–H groups in total. The lowest BCUT2D eigenvalue weighted by molar-refractivity contribution is 0.474. The molecule has 0 saturated carbocycles. The van der Waals surface area contributed by atoms with Crippen LogP contribution in [0.4, 0.5) is 0 Å². The molecule has 78 valence electrons. The quantitative estimate of drug-likeness (QED) is 0.762. The first-order valence-corrected chi connectivity index (χ1v) is 5.78. The van der Waals surface area contributed by atoms with Crippen LogP contribution in [0.3, 0.4) is 0 Å². The van der Waals surface area contributed by atoms with Crippen molar-refractivity contribution in [1.82, 2.24) is 0 Å². The fourth-order valence-corrected chi connectivity index (χ4v) is 2.27. The molecule has 0 saturated heterocycles. The fraction of sp³-hybridized carbons (Fsp3) is 0. The maximum Gasteiger partial charge on any atom is 0.238 e. The monoisotopic (exact) mass is 223 g/mol. The van der Waals surface area contributed by atoms with Crippen molar-refractivity contribution in [3.63, 3.8) is 0 Å². The summed E-state index contributed by atoms with van der Waals surface area (Å²) < 4.78 is 22.5. The van der Waals surface area contributed by atoms with Gasteiger partial charge in [0, 0.05) is 11.5 Å². The highest BCUT2D eigenvalue weighted by molar-refractivity contribution is 7.89. The topological polar surface area (TPSA) is 80.4 Å². The Labute approximate surface area is 87.0 Å². The van der Waals surface area contributed by atoms with Crippen molar-refractivity contribution in [1.29, 1.82) is 0 Å². The number of aromatic hydroxyl groups is 1. The third kappa shape index (κ3) is 1.79. The van der Waals surface area contributed by atoms with Crippen LogP contribution in [0.1, 0.15) is 0 Å². The minimum atomic E-state index is -3.81. The number of benzene rings is 2. The van der Waals surface area contributed by atoms with Crippen LogP contribution in [0, 0.1) is 0 Å². The summed E-state index contributed by atoms with van der Waals surface area (Å²) in [5.41, 5.74) is 0. The Kier molecular flexibility index (Phi) is 2.13. The first-order chi connectivity index (χ1) is 6.98. The highest BCUT2D eigenvalue weighted by Gasteiger charge is 2.13. The Morgan fingerprint density at radius 2 is 1.80 bits per heavy atom. The number of rotatable bonds is 1. The highest BCUT2D eigenvalue weighted by Crippen LogP contribution is 2.26. The van der Waals surface area contributed by atoms with Crippen LogP contribution in [0.15, 0.2) is 41.3 Å². The van der Waals surface area contributed by atoms with Crippen LogP contribution >= 0.6 is 0 Å². The molecule has 0 unspecified atom stereocenters. The van der Waals surface area contributed by atoms with E-state index in [-0.39, 0.29) is 10.6 Å². The standard InChI is InChI=1S/C10H9NO3S/c11-15(13,14)10-6-8(12)5-7-3-1-2-4-9(7)10/h1-6,12H,(H2,11,13,14). The van der Waals surface area contributed by atoms with Crippen molar-refractivity contribution in [2.24, 2.45) is 5.14 Å². The predicted molar refractivity (Wildman–Crippen MR) is 57.0 cm³/mol. The first-order valence-electron chi connectivity index (χ1n) is 4.23. The number of hydrogen-bond acceptors (Lipinski definition) is 3. The largest absolute Gasteiger partial charge is 0.508 e. The zero-order valence-corrected chi connectivity index (χ0v) is 8.53. The number of phenolic OH excluding ortho intramolecular Hbond substituents is 1. The number of hydrogen-bond donors (Lipinski definition) is 2. The molecule has 0 aliphatic heterocycles. The van der Waals surface area contributed by atoms with E-state index < -0.39 is 10.0 Å². The van der Waals surface area contributed by atoms with E-state index in [0.29, 0.717) is 10.8 Å². The molecule has 2 aromatic rings. The molecule has 2 aromatic carbocycles. The molecule has 15 heavy (non-hydrogen) atoms. The molecule has 0 bridgehead atoms. The molecule has 0 aliphatic carbocycles. The summed E-state index contributed by atoms with van der Waals surface area (Å²) in [5, 5.41) is 15.6. The van der Waals surface area contributed by atoms with Gasteiger partial charge in [0.2, 0.25) is 10.0 Å². The van der Waals surface area contributed by atoms with Crippen molar-refractivity contribution >= 4 is 20.8 Å². The van der Waals surface area contributed by atoms with Gasteiger partial charge in [0.15, 0.2) is 0 Å². The molecule has 0 radical (unpaired) electrons. The third-order valence-corrected chi connectivity index (χ3v) is 3.07. The first kappa shape index (κ1) is 9.95. The zero-order chi connectivity index (χ0) is 11.1. The molecular weight excluding hydrogens is 214 g/mol. The average Bonchev–Trinajstić information content (AvgIpc) is 2.15. The molecule has 0 heterocycles. The summed E-state index contributed by atoms with van der Waals surface area (Å²) in [4.78, 5) is -0.0573. The van der Waals surface area contributed by atoms with Gasteiger partial charge in [-0.05, 0) is 11.5 Å². The molecule has 0 spiro atoms. The molecule has 4 nitrogen and oxygen atoms in total. The van der Waals surface area contributed by atoms with Crippen molar-refractivity contribution < 1.29 is 13.5 Å². The van der Waals surface area contributed by atoms with E-state index in [9.17, 15) is 13.5 Å². The van der Waals surface area contributed by atoms with E-state index in [2.05, 4.69) is 0 Å². The maximum absolute atomic E-state index is 11.3.